The van der Waals surface area contributed by atoms with E-state index < -0.39 is 0 Å². The van der Waals surface area contributed by atoms with Gasteiger partial charge >= 0.3 is 0 Å². The van der Waals surface area contributed by atoms with Gasteiger partial charge in [-0.3, -0.25) is 4.79 Å². The molecular weight excluding hydrogens is 256 g/mol. The molecular formula is C15H22N2OS. The minimum atomic E-state index is -0.229. The van der Waals surface area contributed by atoms with Gasteiger partial charge in [0.05, 0.1) is 6.04 Å². The molecule has 1 aromatic carbocycles. The molecule has 4 heteroatoms. The minimum Gasteiger partial charge on any atom is -0.368 e. The van der Waals surface area contributed by atoms with Crippen molar-refractivity contribution in [2.45, 2.75) is 50.1 Å². The van der Waals surface area contributed by atoms with E-state index in [1.807, 2.05) is 0 Å². The molecule has 1 aliphatic carbocycles. The van der Waals surface area contributed by atoms with Gasteiger partial charge in [-0.05, 0) is 62.1 Å². The molecule has 3 N–H and O–H groups in total. The van der Waals surface area contributed by atoms with E-state index in [-0.39, 0.29) is 11.9 Å². The second kappa shape index (κ2) is 6.44. The number of nitrogens with one attached hydrogen (secondary N) is 1. The molecule has 1 atom stereocenters. The number of carbonyl (C=O) groups is 1. The van der Waals surface area contributed by atoms with Crippen LogP contribution < -0.4 is 11.1 Å². The molecule has 104 valence electrons. The number of nitrogens with two attached hydrogens (primary N) is 1. The molecule has 3 nitrogen and oxygen atoms in total. The maximum atomic E-state index is 11.4. The fourth-order valence-corrected chi connectivity index (χ4v) is 2.95. The van der Waals surface area contributed by atoms with Crippen LogP contribution >= 0.6 is 11.8 Å². The lowest BCUT2D eigenvalue weighted by molar-refractivity contribution is -0.120. The molecule has 0 spiro atoms. The normalized spacial score (nSPS) is 16.3. The number of benzene rings is 1. The van der Waals surface area contributed by atoms with Gasteiger partial charge in [-0.2, -0.15) is 0 Å². The Hall–Kier alpha value is -1.00. The first-order valence-corrected chi connectivity index (χ1v) is 7.80. The number of carbonyl (C=O) groups excluding carboxylic acids is 1. The first kappa shape index (κ1) is 14.4. The van der Waals surface area contributed by atoms with Gasteiger partial charge in [-0.25, -0.2) is 0 Å². The zero-order valence-corrected chi connectivity index (χ0v) is 12.4. The van der Waals surface area contributed by atoms with Crippen LogP contribution in [0.1, 0.15) is 30.4 Å². The summed E-state index contributed by atoms with van der Waals surface area (Å²) in [6, 6.07) is 6.83. The van der Waals surface area contributed by atoms with Crippen LogP contribution in [0.3, 0.4) is 0 Å². The zero-order valence-electron chi connectivity index (χ0n) is 11.6. The molecule has 2 rings (SSSR count). The lowest BCUT2D eigenvalue weighted by atomic mass is 10.1. The molecule has 1 aliphatic rings. The summed E-state index contributed by atoms with van der Waals surface area (Å²) in [6.45, 7) is 4.24. The summed E-state index contributed by atoms with van der Waals surface area (Å²) in [4.78, 5) is 12.6. The van der Waals surface area contributed by atoms with Crippen LogP contribution in [0.25, 0.3) is 0 Å². The van der Waals surface area contributed by atoms with Crippen molar-refractivity contribution in [1.82, 2.24) is 5.32 Å². The Morgan fingerprint density at radius 1 is 1.42 bits per heavy atom. The van der Waals surface area contributed by atoms with Crippen LogP contribution in [0, 0.1) is 13.8 Å². The van der Waals surface area contributed by atoms with Crippen molar-refractivity contribution < 1.29 is 4.79 Å². The third-order valence-corrected chi connectivity index (χ3v) is 4.54. The number of hydrogen-bond donors (Lipinski definition) is 2. The summed E-state index contributed by atoms with van der Waals surface area (Å²) in [7, 11) is 0. The van der Waals surface area contributed by atoms with E-state index in [0.717, 1.165) is 12.2 Å². The van der Waals surface area contributed by atoms with Gasteiger partial charge in [0.15, 0.2) is 0 Å². The topological polar surface area (TPSA) is 55.1 Å². The largest absolute Gasteiger partial charge is 0.368 e. The molecule has 1 unspecified atom stereocenters. The van der Waals surface area contributed by atoms with Crippen molar-refractivity contribution in [1.29, 1.82) is 0 Å². The number of aryl methyl sites for hydroxylation is 2. The molecule has 0 saturated heterocycles. The second-order valence-corrected chi connectivity index (χ2v) is 6.45. The fourth-order valence-electron chi connectivity index (χ4n) is 1.94. The Morgan fingerprint density at radius 3 is 2.74 bits per heavy atom. The summed E-state index contributed by atoms with van der Waals surface area (Å²) in [5.41, 5.74) is 8.05. The molecule has 0 aliphatic heterocycles. The lowest BCUT2D eigenvalue weighted by Gasteiger charge is -2.14. The van der Waals surface area contributed by atoms with Crippen LogP contribution in [0.4, 0.5) is 0 Å². The van der Waals surface area contributed by atoms with Gasteiger partial charge in [-0.1, -0.05) is 6.07 Å². The highest BCUT2D eigenvalue weighted by Crippen LogP contribution is 2.23. The lowest BCUT2D eigenvalue weighted by Crippen LogP contribution is -2.42. The van der Waals surface area contributed by atoms with Crippen molar-refractivity contribution >= 4 is 17.7 Å². The maximum Gasteiger partial charge on any atom is 0.234 e. The predicted molar refractivity (Wildman–Crippen MR) is 80.4 cm³/mol. The quantitative estimate of drug-likeness (QED) is 0.753. The number of hydrogen-bond acceptors (Lipinski definition) is 3. The Kier molecular flexibility index (Phi) is 4.88. The molecule has 1 aromatic rings. The van der Waals surface area contributed by atoms with E-state index in [9.17, 15) is 4.79 Å². The third kappa shape index (κ3) is 4.55. The van der Waals surface area contributed by atoms with E-state index in [4.69, 9.17) is 5.73 Å². The van der Waals surface area contributed by atoms with Crippen LogP contribution in [0.2, 0.25) is 0 Å². The Bertz CT molecular complexity index is 457. The third-order valence-electron chi connectivity index (χ3n) is 3.51. The van der Waals surface area contributed by atoms with Gasteiger partial charge in [0, 0.05) is 10.9 Å². The molecule has 0 radical (unpaired) electrons. The summed E-state index contributed by atoms with van der Waals surface area (Å²) in [5.74, 6) is 0.683. The van der Waals surface area contributed by atoms with E-state index in [1.54, 1.807) is 11.8 Å². The van der Waals surface area contributed by atoms with Crippen LogP contribution in [0.15, 0.2) is 23.1 Å². The second-order valence-electron chi connectivity index (χ2n) is 5.28. The molecule has 0 bridgehead atoms. The van der Waals surface area contributed by atoms with Crippen LogP contribution in [-0.4, -0.2) is 23.7 Å². The highest BCUT2D eigenvalue weighted by molar-refractivity contribution is 7.99. The van der Waals surface area contributed by atoms with E-state index in [2.05, 4.69) is 37.4 Å². The van der Waals surface area contributed by atoms with Gasteiger partial charge in [0.1, 0.15) is 0 Å². The molecule has 1 saturated carbocycles. The highest BCUT2D eigenvalue weighted by atomic mass is 32.2. The smallest absolute Gasteiger partial charge is 0.234 e. The summed E-state index contributed by atoms with van der Waals surface area (Å²) in [5, 5.41) is 3.31. The molecule has 1 amide bonds. The van der Waals surface area contributed by atoms with Crippen LogP contribution in [-0.2, 0) is 4.79 Å². The first-order valence-electron chi connectivity index (χ1n) is 6.81. The fraction of sp³-hybridized carbons (Fsp3) is 0.533. The number of amides is 1. The van der Waals surface area contributed by atoms with Gasteiger partial charge < -0.3 is 11.1 Å². The van der Waals surface area contributed by atoms with Crippen molar-refractivity contribution in [2.75, 3.05) is 5.75 Å². The summed E-state index contributed by atoms with van der Waals surface area (Å²) < 4.78 is 0. The standard InChI is InChI=1S/C15H22N2OS/c1-10-3-6-13(9-11(10)2)19-8-7-14(15(16)18)17-12-4-5-12/h3,6,9,12,14,17H,4-5,7-8H2,1-2H3,(H2,16,18). The SMILES string of the molecule is Cc1ccc(SCCC(NC2CC2)C(N)=O)cc1C. The van der Waals surface area contributed by atoms with Crippen molar-refractivity contribution in [3.63, 3.8) is 0 Å². The molecule has 1 fully saturated rings. The minimum absolute atomic E-state index is 0.174. The van der Waals surface area contributed by atoms with Crippen molar-refractivity contribution in [2.24, 2.45) is 5.73 Å². The van der Waals surface area contributed by atoms with Gasteiger partial charge in [0.2, 0.25) is 5.91 Å². The van der Waals surface area contributed by atoms with E-state index in [0.29, 0.717) is 6.04 Å². The first-order chi connectivity index (χ1) is 9.06. The van der Waals surface area contributed by atoms with Crippen LogP contribution in [0.5, 0.6) is 0 Å². The number of primary amides is 1. The van der Waals surface area contributed by atoms with Crippen molar-refractivity contribution in [3.05, 3.63) is 29.3 Å². The maximum absolute atomic E-state index is 11.4. The Morgan fingerprint density at radius 2 is 2.16 bits per heavy atom. The zero-order chi connectivity index (χ0) is 13.8. The Balaban J connectivity index is 1.80. The average Bonchev–Trinajstić information content (AvgIpc) is 3.16. The molecule has 19 heavy (non-hydrogen) atoms. The van der Waals surface area contributed by atoms with E-state index in [1.165, 1.54) is 28.9 Å². The number of rotatable bonds is 7. The summed E-state index contributed by atoms with van der Waals surface area (Å²) >= 11 is 1.79. The monoisotopic (exact) mass is 278 g/mol. The summed E-state index contributed by atoms with van der Waals surface area (Å²) in [6.07, 6.45) is 3.14. The number of thioether (sulfide) groups is 1. The van der Waals surface area contributed by atoms with Gasteiger partial charge in [-0.15, -0.1) is 11.8 Å². The molecule has 0 aromatic heterocycles. The Labute approximate surface area is 119 Å². The van der Waals surface area contributed by atoms with Gasteiger partial charge in [0.25, 0.3) is 0 Å². The predicted octanol–water partition coefficient (Wildman–Crippen LogP) is 2.39. The van der Waals surface area contributed by atoms with Crippen molar-refractivity contribution in [3.8, 4) is 0 Å². The average molecular weight is 278 g/mol. The van der Waals surface area contributed by atoms with E-state index >= 15 is 0 Å². The highest BCUT2D eigenvalue weighted by Gasteiger charge is 2.26. The molecule has 0 heterocycles.